The van der Waals surface area contributed by atoms with E-state index >= 15 is 0 Å². The van der Waals surface area contributed by atoms with E-state index in [1.807, 2.05) is 31.2 Å². The zero-order chi connectivity index (χ0) is 18.4. The molecule has 0 unspecified atom stereocenters. The molecule has 0 aliphatic rings. The van der Waals surface area contributed by atoms with Gasteiger partial charge in [-0.3, -0.25) is 5.32 Å². The molecule has 0 fully saturated rings. The second-order valence-corrected chi connectivity index (χ2v) is 6.65. The molecule has 25 heavy (non-hydrogen) atoms. The lowest BCUT2D eigenvalue weighted by Crippen LogP contribution is -2.27. The van der Waals surface area contributed by atoms with Crippen LogP contribution in [-0.4, -0.2) is 17.7 Å². The standard InChI is InChI=1S/C19H23N3O3/c1-13-6-5-7-16(12-13)21-17(23)20-14-8-10-15(11-9-14)22-18(24)25-19(2,3)4/h5-12H,1-4H3,(H,22,24)(H2,20,21,23). The second-order valence-electron chi connectivity index (χ2n) is 6.65. The topological polar surface area (TPSA) is 79.5 Å². The second kappa shape index (κ2) is 7.70. The number of nitrogens with one attached hydrogen (secondary N) is 3. The van der Waals surface area contributed by atoms with Crippen LogP contribution in [0.25, 0.3) is 0 Å². The summed E-state index contributed by atoms with van der Waals surface area (Å²) in [6, 6.07) is 14.0. The minimum absolute atomic E-state index is 0.335. The Morgan fingerprint density at radius 3 is 1.96 bits per heavy atom. The fourth-order valence-corrected chi connectivity index (χ4v) is 2.07. The fourth-order valence-electron chi connectivity index (χ4n) is 2.07. The van der Waals surface area contributed by atoms with E-state index in [0.717, 1.165) is 11.3 Å². The maximum atomic E-state index is 12.0. The first kappa shape index (κ1) is 18.3. The largest absolute Gasteiger partial charge is 0.444 e. The van der Waals surface area contributed by atoms with Crippen LogP contribution in [0.3, 0.4) is 0 Å². The van der Waals surface area contributed by atoms with Gasteiger partial charge in [-0.25, -0.2) is 9.59 Å². The van der Waals surface area contributed by atoms with Crippen molar-refractivity contribution >= 4 is 29.2 Å². The molecular weight excluding hydrogens is 318 g/mol. The molecular formula is C19H23N3O3. The van der Waals surface area contributed by atoms with Crippen LogP contribution < -0.4 is 16.0 Å². The average molecular weight is 341 g/mol. The minimum atomic E-state index is -0.556. The molecule has 2 aromatic rings. The first-order valence-corrected chi connectivity index (χ1v) is 7.96. The number of hydrogen-bond donors (Lipinski definition) is 3. The Morgan fingerprint density at radius 2 is 1.40 bits per heavy atom. The number of amides is 3. The maximum absolute atomic E-state index is 12.0. The van der Waals surface area contributed by atoms with Crippen molar-refractivity contribution in [1.29, 1.82) is 0 Å². The van der Waals surface area contributed by atoms with Gasteiger partial charge in [-0.2, -0.15) is 0 Å². The minimum Gasteiger partial charge on any atom is -0.444 e. The van der Waals surface area contributed by atoms with Gasteiger partial charge in [-0.05, 0) is 69.7 Å². The molecule has 0 aliphatic carbocycles. The van der Waals surface area contributed by atoms with Crippen LogP contribution in [0.5, 0.6) is 0 Å². The molecule has 3 N–H and O–H groups in total. The summed E-state index contributed by atoms with van der Waals surface area (Å²) in [5.74, 6) is 0. The highest BCUT2D eigenvalue weighted by Crippen LogP contribution is 2.16. The molecule has 3 amide bonds. The molecule has 0 aliphatic heterocycles. The number of aryl methyl sites for hydroxylation is 1. The maximum Gasteiger partial charge on any atom is 0.412 e. The van der Waals surface area contributed by atoms with Gasteiger partial charge in [0.15, 0.2) is 0 Å². The van der Waals surface area contributed by atoms with Crippen LogP contribution in [-0.2, 0) is 4.74 Å². The van der Waals surface area contributed by atoms with Gasteiger partial charge in [-0.1, -0.05) is 12.1 Å². The molecule has 0 radical (unpaired) electrons. The van der Waals surface area contributed by atoms with E-state index < -0.39 is 11.7 Å². The van der Waals surface area contributed by atoms with Crippen molar-refractivity contribution in [2.24, 2.45) is 0 Å². The van der Waals surface area contributed by atoms with Crippen molar-refractivity contribution in [2.75, 3.05) is 16.0 Å². The highest BCUT2D eigenvalue weighted by Gasteiger charge is 2.16. The lowest BCUT2D eigenvalue weighted by atomic mass is 10.2. The van der Waals surface area contributed by atoms with E-state index in [1.165, 1.54) is 0 Å². The Morgan fingerprint density at radius 1 is 0.840 bits per heavy atom. The molecule has 0 atom stereocenters. The summed E-state index contributed by atoms with van der Waals surface area (Å²) in [6.07, 6.45) is -0.523. The van der Waals surface area contributed by atoms with E-state index in [0.29, 0.717) is 11.4 Å². The van der Waals surface area contributed by atoms with Crippen LogP contribution >= 0.6 is 0 Å². The molecule has 0 bridgehead atoms. The molecule has 2 rings (SSSR count). The lowest BCUT2D eigenvalue weighted by molar-refractivity contribution is 0.0636. The Labute approximate surface area is 147 Å². The predicted octanol–water partition coefficient (Wildman–Crippen LogP) is 4.99. The number of rotatable bonds is 3. The Balaban J connectivity index is 1.89. The van der Waals surface area contributed by atoms with E-state index in [9.17, 15) is 9.59 Å². The van der Waals surface area contributed by atoms with E-state index in [-0.39, 0.29) is 6.03 Å². The third-order valence-electron chi connectivity index (χ3n) is 3.06. The highest BCUT2D eigenvalue weighted by atomic mass is 16.6. The van der Waals surface area contributed by atoms with Crippen LogP contribution in [0, 0.1) is 6.92 Å². The van der Waals surface area contributed by atoms with Gasteiger partial charge in [0.05, 0.1) is 0 Å². The van der Waals surface area contributed by atoms with Crippen LogP contribution in [0.4, 0.5) is 26.7 Å². The lowest BCUT2D eigenvalue weighted by Gasteiger charge is -2.19. The van der Waals surface area contributed by atoms with Gasteiger partial charge in [-0.15, -0.1) is 0 Å². The van der Waals surface area contributed by atoms with Crippen molar-refractivity contribution in [3.05, 3.63) is 54.1 Å². The smallest absolute Gasteiger partial charge is 0.412 e. The Bertz CT molecular complexity index is 749. The van der Waals surface area contributed by atoms with Crippen molar-refractivity contribution in [3.63, 3.8) is 0 Å². The van der Waals surface area contributed by atoms with Crippen molar-refractivity contribution in [2.45, 2.75) is 33.3 Å². The summed E-state index contributed by atoms with van der Waals surface area (Å²) >= 11 is 0. The van der Waals surface area contributed by atoms with Gasteiger partial charge in [0.1, 0.15) is 5.60 Å². The zero-order valence-electron chi connectivity index (χ0n) is 14.8. The third-order valence-corrected chi connectivity index (χ3v) is 3.06. The number of carbonyl (C=O) groups excluding carboxylic acids is 2. The summed E-state index contributed by atoms with van der Waals surface area (Å²) in [6.45, 7) is 7.35. The molecule has 0 spiro atoms. The van der Waals surface area contributed by atoms with E-state index in [4.69, 9.17) is 4.74 Å². The highest BCUT2D eigenvalue weighted by molar-refractivity contribution is 6.00. The van der Waals surface area contributed by atoms with Crippen molar-refractivity contribution < 1.29 is 14.3 Å². The van der Waals surface area contributed by atoms with Crippen molar-refractivity contribution in [1.82, 2.24) is 0 Å². The van der Waals surface area contributed by atoms with Gasteiger partial charge >= 0.3 is 12.1 Å². The summed E-state index contributed by atoms with van der Waals surface area (Å²) in [7, 11) is 0. The molecule has 0 heterocycles. The number of hydrogen-bond acceptors (Lipinski definition) is 3. The van der Waals surface area contributed by atoms with Crippen LogP contribution in [0.15, 0.2) is 48.5 Å². The number of benzene rings is 2. The summed E-state index contributed by atoms with van der Waals surface area (Å²) in [4.78, 5) is 23.7. The van der Waals surface area contributed by atoms with Gasteiger partial charge < -0.3 is 15.4 Å². The van der Waals surface area contributed by atoms with Crippen LogP contribution in [0.2, 0.25) is 0 Å². The average Bonchev–Trinajstić information content (AvgIpc) is 2.47. The van der Waals surface area contributed by atoms with E-state index in [2.05, 4.69) is 16.0 Å². The first-order chi connectivity index (χ1) is 11.7. The fraction of sp³-hybridized carbons (Fsp3) is 0.263. The zero-order valence-corrected chi connectivity index (χ0v) is 14.8. The number of urea groups is 1. The molecule has 6 nitrogen and oxygen atoms in total. The monoisotopic (exact) mass is 341 g/mol. The number of anilines is 3. The van der Waals surface area contributed by atoms with E-state index in [1.54, 1.807) is 45.0 Å². The van der Waals surface area contributed by atoms with Gasteiger partial charge in [0.2, 0.25) is 0 Å². The molecule has 6 heteroatoms. The third kappa shape index (κ3) is 6.55. The summed E-state index contributed by atoms with van der Waals surface area (Å²) < 4.78 is 5.18. The predicted molar refractivity (Wildman–Crippen MR) is 100 cm³/mol. The molecule has 0 saturated carbocycles. The molecule has 0 saturated heterocycles. The number of ether oxygens (including phenoxy) is 1. The molecule has 0 aromatic heterocycles. The molecule has 2 aromatic carbocycles. The van der Waals surface area contributed by atoms with Crippen LogP contribution in [0.1, 0.15) is 26.3 Å². The Hall–Kier alpha value is -3.02. The summed E-state index contributed by atoms with van der Waals surface area (Å²) in [5, 5.41) is 8.13. The van der Waals surface area contributed by atoms with Gasteiger partial charge in [0.25, 0.3) is 0 Å². The normalized spacial score (nSPS) is 10.7. The molecule has 132 valence electrons. The summed E-state index contributed by atoms with van der Waals surface area (Å²) in [5.41, 5.74) is 2.43. The number of carbonyl (C=O) groups is 2. The van der Waals surface area contributed by atoms with Crippen molar-refractivity contribution in [3.8, 4) is 0 Å². The Kier molecular flexibility index (Phi) is 5.64. The quantitative estimate of drug-likeness (QED) is 0.736. The SMILES string of the molecule is Cc1cccc(NC(=O)Nc2ccc(NC(=O)OC(C)(C)C)cc2)c1. The van der Waals surface area contributed by atoms with Gasteiger partial charge in [0, 0.05) is 17.1 Å². The first-order valence-electron chi connectivity index (χ1n) is 7.96.